The number of benzene rings is 1. The molecule has 1 aromatic heterocycles. The van der Waals surface area contributed by atoms with Crippen molar-refractivity contribution in [2.24, 2.45) is 0 Å². The van der Waals surface area contributed by atoms with Crippen molar-refractivity contribution >= 4 is 11.4 Å². The molecule has 2 N–H and O–H groups in total. The van der Waals surface area contributed by atoms with Crippen LogP contribution in [0.3, 0.4) is 0 Å². The standard InChI is InChI=1S/C13H16N4O2/c1-3-10(13-14-7-8-15-13)16-11-6-4-5-9(2)12(11)17(18)19/h4-8,10,16H,3H2,1-2H3,(H,14,15). The molecule has 0 spiro atoms. The summed E-state index contributed by atoms with van der Waals surface area (Å²) in [6.07, 6.45) is 4.19. The monoisotopic (exact) mass is 260 g/mol. The summed E-state index contributed by atoms with van der Waals surface area (Å²) < 4.78 is 0. The molecule has 1 heterocycles. The first-order valence-corrected chi connectivity index (χ1v) is 6.13. The number of aromatic amines is 1. The topological polar surface area (TPSA) is 83.8 Å². The minimum atomic E-state index is -0.355. The van der Waals surface area contributed by atoms with E-state index < -0.39 is 0 Å². The van der Waals surface area contributed by atoms with E-state index in [1.165, 1.54) is 0 Å². The third-order valence-corrected chi connectivity index (χ3v) is 3.01. The molecule has 0 saturated carbocycles. The van der Waals surface area contributed by atoms with Crippen molar-refractivity contribution in [3.8, 4) is 0 Å². The molecule has 6 nitrogen and oxygen atoms in total. The molecule has 19 heavy (non-hydrogen) atoms. The Bertz CT molecular complexity index is 566. The van der Waals surface area contributed by atoms with Crippen LogP contribution in [-0.2, 0) is 0 Å². The summed E-state index contributed by atoms with van der Waals surface area (Å²) in [6.45, 7) is 3.74. The Morgan fingerprint density at radius 3 is 2.89 bits per heavy atom. The third-order valence-electron chi connectivity index (χ3n) is 3.01. The zero-order valence-corrected chi connectivity index (χ0v) is 10.9. The lowest BCUT2D eigenvalue weighted by atomic mass is 10.1. The molecule has 100 valence electrons. The number of nitro groups is 1. The molecular weight excluding hydrogens is 244 g/mol. The summed E-state index contributed by atoms with van der Waals surface area (Å²) in [5.41, 5.74) is 1.28. The number of aromatic nitrogens is 2. The summed E-state index contributed by atoms with van der Waals surface area (Å²) in [5, 5.41) is 14.3. The minimum Gasteiger partial charge on any atom is -0.370 e. The molecule has 0 radical (unpaired) electrons. The maximum absolute atomic E-state index is 11.1. The Kier molecular flexibility index (Phi) is 3.79. The SMILES string of the molecule is CCC(Nc1cccc(C)c1[N+](=O)[O-])c1ncc[nH]1. The fourth-order valence-electron chi connectivity index (χ4n) is 2.04. The Hall–Kier alpha value is -2.37. The van der Waals surface area contributed by atoms with Gasteiger partial charge in [0.25, 0.3) is 5.69 Å². The molecular formula is C13H16N4O2. The van der Waals surface area contributed by atoms with Gasteiger partial charge < -0.3 is 10.3 Å². The van der Waals surface area contributed by atoms with Gasteiger partial charge in [-0.05, 0) is 19.4 Å². The molecule has 0 fully saturated rings. The second-order valence-electron chi connectivity index (χ2n) is 4.31. The highest BCUT2D eigenvalue weighted by molar-refractivity contribution is 5.65. The van der Waals surface area contributed by atoms with Gasteiger partial charge in [0, 0.05) is 18.0 Å². The van der Waals surface area contributed by atoms with Crippen LogP contribution >= 0.6 is 0 Å². The quantitative estimate of drug-likeness (QED) is 0.638. The van der Waals surface area contributed by atoms with Crippen molar-refractivity contribution in [1.82, 2.24) is 9.97 Å². The fraction of sp³-hybridized carbons (Fsp3) is 0.308. The van der Waals surface area contributed by atoms with E-state index in [4.69, 9.17) is 0 Å². The summed E-state index contributed by atoms with van der Waals surface area (Å²) >= 11 is 0. The summed E-state index contributed by atoms with van der Waals surface area (Å²) in [4.78, 5) is 18.0. The lowest BCUT2D eigenvalue weighted by Gasteiger charge is -2.16. The number of imidazole rings is 1. The highest BCUT2D eigenvalue weighted by Gasteiger charge is 2.20. The van der Waals surface area contributed by atoms with Crippen molar-refractivity contribution in [2.75, 3.05) is 5.32 Å². The van der Waals surface area contributed by atoms with E-state index in [-0.39, 0.29) is 16.7 Å². The Morgan fingerprint density at radius 2 is 2.32 bits per heavy atom. The van der Waals surface area contributed by atoms with Crippen LogP contribution in [0.5, 0.6) is 0 Å². The predicted octanol–water partition coefficient (Wildman–Crippen LogP) is 3.19. The average Bonchev–Trinajstić information content (AvgIpc) is 2.89. The van der Waals surface area contributed by atoms with Crippen LogP contribution in [0.4, 0.5) is 11.4 Å². The molecule has 1 aromatic carbocycles. The number of H-pyrrole nitrogens is 1. The molecule has 1 atom stereocenters. The number of rotatable bonds is 5. The molecule has 0 aliphatic carbocycles. The predicted molar refractivity (Wildman–Crippen MR) is 73.1 cm³/mol. The molecule has 2 aromatic rings. The average molecular weight is 260 g/mol. The van der Waals surface area contributed by atoms with Crippen molar-refractivity contribution in [2.45, 2.75) is 26.3 Å². The van der Waals surface area contributed by atoms with Gasteiger partial charge in [-0.25, -0.2) is 4.98 Å². The van der Waals surface area contributed by atoms with E-state index in [0.717, 1.165) is 12.2 Å². The number of aryl methyl sites for hydroxylation is 1. The zero-order valence-electron chi connectivity index (χ0n) is 10.9. The van der Waals surface area contributed by atoms with Crippen LogP contribution in [0.25, 0.3) is 0 Å². The molecule has 0 aliphatic rings. The van der Waals surface area contributed by atoms with Crippen molar-refractivity contribution < 1.29 is 4.92 Å². The first-order valence-electron chi connectivity index (χ1n) is 6.13. The van der Waals surface area contributed by atoms with Crippen molar-refractivity contribution in [3.63, 3.8) is 0 Å². The number of nitro benzene ring substituents is 1. The van der Waals surface area contributed by atoms with Crippen LogP contribution in [-0.4, -0.2) is 14.9 Å². The van der Waals surface area contributed by atoms with Gasteiger partial charge >= 0.3 is 0 Å². The van der Waals surface area contributed by atoms with Gasteiger partial charge in [0.2, 0.25) is 0 Å². The first-order chi connectivity index (χ1) is 9.13. The van der Waals surface area contributed by atoms with Gasteiger partial charge in [0.1, 0.15) is 11.5 Å². The van der Waals surface area contributed by atoms with E-state index in [1.54, 1.807) is 37.5 Å². The Balaban J connectivity index is 2.32. The van der Waals surface area contributed by atoms with Gasteiger partial charge in [-0.3, -0.25) is 10.1 Å². The van der Waals surface area contributed by atoms with Crippen LogP contribution < -0.4 is 5.32 Å². The number of hydrogen-bond donors (Lipinski definition) is 2. The molecule has 0 bridgehead atoms. The normalized spacial score (nSPS) is 12.1. The van der Waals surface area contributed by atoms with Crippen LogP contribution in [0.15, 0.2) is 30.6 Å². The minimum absolute atomic E-state index is 0.0736. The Morgan fingerprint density at radius 1 is 1.53 bits per heavy atom. The van der Waals surface area contributed by atoms with Crippen LogP contribution in [0.2, 0.25) is 0 Å². The summed E-state index contributed by atoms with van der Waals surface area (Å²) in [6, 6.07) is 5.18. The summed E-state index contributed by atoms with van der Waals surface area (Å²) in [7, 11) is 0. The molecule has 1 unspecified atom stereocenters. The Labute approximate surface area is 111 Å². The number of hydrogen-bond acceptors (Lipinski definition) is 4. The second-order valence-corrected chi connectivity index (χ2v) is 4.31. The fourth-order valence-corrected chi connectivity index (χ4v) is 2.04. The maximum atomic E-state index is 11.1. The van der Waals surface area contributed by atoms with Gasteiger partial charge in [0.15, 0.2) is 0 Å². The molecule has 0 amide bonds. The largest absolute Gasteiger partial charge is 0.370 e. The lowest BCUT2D eigenvalue weighted by molar-refractivity contribution is -0.384. The second kappa shape index (κ2) is 5.51. The van der Waals surface area contributed by atoms with Gasteiger partial charge in [-0.2, -0.15) is 0 Å². The van der Waals surface area contributed by atoms with Gasteiger partial charge in [-0.15, -0.1) is 0 Å². The number of para-hydroxylation sites is 1. The van der Waals surface area contributed by atoms with Gasteiger partial charge in [-0.1, -0.05) is 19.1 Å². The first kappa shape index (κ1) is 13.1. The van der Waals surface area contributed by atoms with E-state index in [1.807, 2.05) is 6.92 Å². The molecule has 0 saturated heterocycles. The molecule has 6 heteroatoms. The zero-order chi connectivity index (χ0) is 13.8. The van der Waals surface area contributed by atoms with Crippen LogP contribution in [0.1, 0.15) is 30.8 Å². The highest BCUT2D eigenvalue weighted by Crippen LogP contribution is 2.31. The number of nitrogens with zero attached hydrogens (tertiary/aromatic N) is 2. The highest BCUT2D eigenvalue weighted by atomic mass is 16.6. The van der Waals surface area contributed by atoms with Gasteiger partial charge in [0.05, 0.1) is 11.0 Å². The molecule has 0 aliphatic heterocycles. The number of nitrogens with one attached hydrogen (secondary N) is 2. The smallest absolute Gasteiger partial charge is 0.295 e. The van der Waals surface area contributed by atoms with E-state index in [2.05, 4.69) is 15.3 Å². The summed E-state index contributed by atoms with van der Waals surface area (Å²) in [5.74, 6) is 0.776. The van der Waals surface area contributed by atoms with Crippen molar-refractivity contribution in [1.29, 1.82) is 0 Å². The maximum Gasteiger partial charge on any atom is 0.295 e. The number of anilines is 1. The molecule has 2 rings (SSSR count). The van der Waals surface area contributed by atoms with Crippen molar-refractivity contribution in [3.05, 3.63) is 52.1 Å². The third kappa shape index (κ3) is 2.73. The van der Waals surface area contributed by atoms with Crippen LogP contribution in [0, 0.1) is 17.0 Å². The van der Waals surface area contributed by atoms with E-state index in [9.17, 15) is 10.1 Å². The lowest BCUT2D eigenvalue weighted by Crippen LogP contribution is -2.12. The van der Waals surface area contributed by atoms with E-state index in [0.29, 0.717) is 11.3 Å². The van der Waals surface area contributed by atoms with E-state index >= 15 is 0 Å².